The molecular weight excluding hydrogens is 510 g/mol. The molecule has 0 unspecified atom stereocenters. The summed E-state index contributed by atoms with van der Waals surface area (Å²) in [7, 11) is 0. The lowest BCUT2D eigenvalue weighted by molar-refractivity contribution is -0.137. The summed E-state index contributed by atoms with van der Waals surface area (Å²) in [6.45, 7) is 7.62. The number of fused-ring (bicyclic) bond motifs is 1. The topological polar surface area (TPSA) is 109 Å². The van der Waals surface area contributed by atoms with E-state index in [4.69, 9.17) is 0 Å². The minimum atomic E-state index is -0.990. The normalized spacial score (nSPS) is 14.1. The van der Waals surface area contributed by atoms with Gasteiger partial charge in [0.05, 0.1) is 36.5 Å². The van der Waals surface area contributed by atoms with E-state index < -0.39 is 12.0 Å². The molecule has 4 rings (SSSR count). The van der Waals surface area contributed by atoms with Gasteiger partial charge in [-0.3, -0.25) is 14.3 Å². The first-order valence-corrected chi connectivity index (χ1v) is 12.5. The van der Waals surface area contributed by atoms with E-state index in [0.717, 1.165) is 46.5 Å². The fourth-order valence-electron chi connectivity index (χ4n) is 4.11. The van der Waals surface area contributed by atoms with Crippen LogP contribution < -0.4 is 10.6 Å². The van der Waals surface area contributed by atoms with Crippen molar-refractivity contribution >= 4 is 33.6 Å². The van der Waals surface area contributed by atoms with Gasteiger partial charge >= 0.3 is 5.97 Å². The number of nitrogens with one attached hydrogen (secondary N) is 2. The Morgan fingerprint density at radius 3 is 2.80 bits per heavy atom. The summed E-state index contributed by atoms with van der Waals surface area (Å²) in [5.41, 5.74) is 4.08. The number of pyridine rings is 1. The summed E-state index contributed by atoms with van der Waals surface area (Å²) in [4.78, 5) is 29.3. The van der Waals surface area contributed by atoms with Gasteiger partial charge in [-0.15, -0.1) is 0 Å². The van der Waals surface area contributed by atoms with Gasteiger partial charge in [-0.25, -0.2) is 4.98 Å². The van der Waals surface area contributed by atoms with Crippen LogP contribution in [0.4, 0.5) is 5.82 Å². The molecule has 2 aromatic heterocycles. The molecule has 1 aliphatic heterocycles. The molecule has 0 saturated carbocycles. The highest BCUT2D eigenvalue weighted by Crippen LogP contribution is 2.30. The van der Waals surface area contributed by atoms with Crippen molar-refractivity contribution in [3.8, 4) is 0 Å². The zero-order chi connectivity index (χ0) is 25.2. The maximum Gasteiger partial charge on any atom is 0.305 e. The van der Waals surface area contributed by atoms with Gasteiger partial charge in [0.1, 0.15) is 5.82 Å². The molecular formula is C26H30BrN5O3. The maximum atomic E-state index is 13.0. The summed E-state index contributed by atoms with van der Waals surface area (Å²) in [5.74, 6) is -0.450. The second kappa shape index (κ2) is 10.2. The van der Waals surface area contributed by atoms with Crippen LogP contribution in [0.25, 0.3) is 0 Å². The molecule has 0 bridgehead atoms. The molecule has 1 aliphatic rings. The molecule has 0 saturated heterocycles. The quantitative estimate of drug-likeness (QED) is 0.401. The Bertz CT molecular complexity index is 1250. The molecule has 8 nitrogen and oxygen atoms in total. The van der Waals surface area contributed by atoms with E-state index in [-0.39, 0.29) is 17.7 Å². The number of anilines is 1. The van der Waals surface area contributed by atoms with Gasteiger partial charge in [0, 0.05) is 17.2 Å². The molecule has 35 heavy (non-hydrogen) atoms. The highest BCUT2D eigenvalue weighted by molar-refractivity contribution is 9.10. The smallest absolute Gasteiger partial charge is 0.305 e. The number of hydrogen-bond donors (Lipinski definition) is 3. The number of nitrogens with zero attached hydrogens (tertiary/aromatic N) is 3. The van der Waals surface area contributed by atoms with Crippen LogP contribution in [-0.2, 0) is 23.2 Å². The average molecular weight is 540 g/mol. The summed E-state index contributed by atoms with van der Waals surface area (Å²) < 4.78 is 2.50. The molecule has 0 spiro atoms. The van der Waals surface area contributed by atoms with Crippen LogP contribution in [0, 0.1) is 0 Å². The zero-order valence-corrected chi connectivity index (χ0v) is 21.7. The monoisotopic (exact) mass is 539 g/mol. The molecule has 3 heterocycles. The third-order valence-electron chi connectivity index (χ3n) is 6.04. The van der Waals surface area contributed by atoms with Crippen LogP contribution in [-0.4, -0.2) is 38.3 Å². The predicted octanol–water partition coefficient (Wildman–Crippen LogP) is 4.69. The minimum absolute atomic E-state index is 0.127. The SMILES string of the molecule is CC(C)(C)c1cc(Br)cc([C@H](CC(=O)O)NC(=O)c2cnn(Cc3ccc4c(n3)NCCC4)c2)c1. The molecule has 3 N–H and O–H groups in total. The lowest BCUT2D eigenvalue weighted by Crippen LogP contribution is -2.30. The van der Waals surface area contributed by atoms with Crippen molar-refractivity contribution in [1.29, 1.82) is 0 Å². The van der Waals surface area contributed by atoms with Crippen LogP contribution in [0.2, 0.25) is 0 Å². The van der Waals surface area contributed by atoms with Gasteiger partial charge in [0.15, 0.2) is 0 Å². The van der Waals surface area contributed by atoms with Crippen LogP contribution in [0.1, 0.15) is 72.4 Å². The summed E-state index contributed by atoms with van der Waals surface area (Å²) in [6.07, 6.45) is 5.04. The van der Waals surface area contributed by atoms with Crippen molar-refractivity contribution in [2.24, 2.45) is 0 Å². The van der Waals surface area contributed by atoms with Crippen molar-refractivity contribution in [2.75, 3.05) is 11.9 Å². The van der Waals surface area contributed by atoms with Crippen molar-refractivity contribution in [1.82, 2.24) is 20.1 Å². The molecule has 1 amide bonds. The summed E-state index contributed by atoms with van der Waals surface area (Å²) in [5, 5.41) is 20.0. The number of carboxylic acid groups (broad SMARTS) is 1. The highest BCUT2D eigenvalue weighted by Gasteiger charge is 2.23. The molecule has 1 atom stereocenters. The number of amides is 1. The lowest BCUT2D eigenvalue weighted by Gasteiger charge is -2.23. The van der Waals surface area contributed by atoms with Crippen molar-refractivity contribution in [2.45, 2.75) is 58.0 Å². The number of hydrogen-bond acceptors (Lipinski definition) is 5. The third kappa shape index (κ3) is 6.28. The second-order valence-corrected chi connectivity index (χ2v) is 10.8. The Balaban J connectivity index is 1.51. The standard InChI is InChI=1S/C26H30BrN5O3/c1-26(2,3)19-9-17(10-20(27)11-19)22(12-23(33)34)31-25(35)18-13-29-32(14-18)15-21-7-6-16-5-4-8-28-24(16)30-21/h6-7,9-11,13-14,22H,4-5,8,12,15H2,1-3H3,(H,28,30)(H,31,35)(H,33,34)/t22-/m0/s1. The van der Waals surface area contributed by atoms with Gasteiger partial charge in [-0.1, -0.05) is 48.8 Å². The Morgan fingerprint density at radius 1 is 1.26 bits per heavy atom. The fourth-order valence-corrected chi connectivity index (χ4v) is 4.62. The number of carbonyl (C=O) groups excluding carboxylic acids is 1. The third-order valence-corrected chi connectivity index (χ3v) is 6.50. The Kier molecular flexibility index (Phi) is 7.25. The average Bonchev–Trinajstić information content (AvgIpc) is 3.26. The highest BCUT2D eigenvalue weighted by atomic mass is 79.9. The maximum absolute atomic E-state index is 13.0. The number of aryl methyl sites for hydroxylation is 1. The lowest BCUT2D eigenvalue weighted by atomic mass is 9.85. The van der Waals surface area contributed by atoms with Crippen molar-refractivity contribution in [3.63, 3.8) is 0 Å². The number of aliphatic carboxylic acids is 1. The Hall–Kier alpha value is -3.20. The molecule has 3 aromatic rings. The molecule has 0 radical (unpaired) electrons. The minimum Gasteiger partial charge on any atom is -0.481 e. The van der Waals surface area contributed by atoms with Gasteiger partial charge in [-0.2, -0.15) is 5.10 Å². The summed E-state index contributed by atoms with van der Waals surface area (Å²) in [6, 6.07) is 9.20. The first-order valence-electron chi connectivity index (χ1n) is 11.7. The number of aromatic nitrogens is 3. The largest absolute Gasteiger partial charge is 0.481 e. The fraction of sp³-hybridized carbons (Fsp3) is 0.385. The van der Waals surface area contributed by atoms with Crippen LogP contribution in [0.15, 0.2) is 47.2 Å². The van der Waals surface area contributed by atoms with Gasteiger partial charge < -0.3 is 15.7 Å². The van der Waals surface area contributed by atoms with E-state index in [1.165, 1.54) is 11.8 Å². The van der Waals surface area contributed by atoms with Crippen molar-refractivity contribution < 1.29 is 14.7 Å². The van der Waals surface area contributed by atoms with E-state index in [0.29, 0.717) is 12.1 Å². The van der Waals surface area contributed by atoms with E-state index in [1.54, 1.807) is 10.9 Å². The van der Waals surface area contributed by atoms with E-state index >= 15 is 0 Å². The first-order chi connectivity index (χ1) is 16.6. The Labute approximate surface area is 213 Å². The predicted molar refractivity (Wildman–Crippen MR) is 138 cm³/mol. The first kappa shape index (κ1) is 24.9. The number of rotatable bonds is 7. The van der Waals surface area contributed by atoms with Crippen LogP contribution >= 0.6 is 15.9 Å². The van der Waals surface area contributed by atoms with Gasteiger partial charge in [0.25, 0.3) is 5.91 Å². The Morgan fingerprint density at radius 2 is 2.06 bits per heavy atom. The van der Waals surface area contributed by atoms with Crippen LogP contribution in [0.5, 0.6) is 0 Å². The summed E-state index contributed by atoms with van der Waals surface area (Å²) >= 11 is 3.53. The number of halogens is 1. The van der Waals surface area contributed by atoms with Gasteiger partial charge in [0.2, 0.25) is 0 Å². The molecule has 0 aliphatic carbocycles. The molecule has 184 valence electrons. The van der Waals surface area contributed by atoms with E-state index in [1.807, 2.05) is 24.3 Å². The number of carboxylic acids is 1. The van der Waals surface area contributed by atoms with Gasteiger partial charge in [-0.05, 0) is 53.1 Å². The molecule has 9 heteroatoms. The van der Waals surface area contributed by atoms with Crippen molar-refractivity contribution in [3.05, 3.63) is 75.1 Å². The molecule has 0 fully saturated rings. The van der Waals surface area contributed by atoms with E-state index in [9.17, 15) is 14.7 Å². The second-order valence-electron chi connectivity index (χ2n) is 9.91. The number of benzene rings is 1. The number of carbonyl (C=O) groups is 2. The molecule has 1 aromatic carbocycles. The van der Waals surface area contributed by atoms with E-state index in [2.05, 4.69) is 63.5 Å². The van der Waals surface area contributed by atoms with Crippen LogP contribution in [0.3, 0.4) is 0 Å². The zero-order valence-electron chi connectivity index (χ0n) is 20.1.